The van der Waals surface area contributed by atoms with Gasteiger partial charge in [-0.15, -0.1) is 16.4 Å². The van der Waals surface area contributed by atoms with Gasteiger partial charge in [-0.1, -0.05) is 16.1 Å². The molecule has 1 atom stereocenters. The molecule has 2 heterocycles. The van der Waals surface area contributed by atoms with E-state index < -0.39 is 0 Å². The maximum absolute atomic E-state index is 6.12. The van der Waals surface area contributed by atoms with Crippen LogP contribution in [0.2, 0.25) is 5.02 Å². The lowest BCUT2D eigenvalue weighted by atomic mass is 10.2. The molecule has 3 nitrogen and oxygen atoms in total. The zero-order chi connectivity index (χ0) is 10.8. The van der Waals surface area contributed by atoms with E-state index in [1.165, 1.54) is 11.5 Å². The summed E-state index contributed by atoms with van der Waals surface area (Å²) in [4.78, 5) is 2.25. The highest BCUT2D eigenvalue weighted by Crippen LogP contribution is 2.34. The zero-order valence-electron chi connectivity index (χ0n) is 8.32. The van der Waals surface area contributed by atoms with Crippen LogP contribution >= 0.6 is 34.5 Å². The molecule has 80 valence electrons. The van der Waals surface area contributed by atoms with Crippen molar-refractivity contribution in [2.45, 2.75) is 13.0 Å². The number of nitrogens with zero attached hydrogens (tertiary/aromatic N) is 2. The van der Waals surface area contributed by atoms with Gasteiger partial charge in [-0.3, -0.25) is 0 Å². The first-order valence-corrected chi connectivity index (χ1v) is 6.46. The van der Waals surface area contributed by atoms with Crippen LogP contribution in [0, 0.1) is 6.92 Å². The molecule has 0 amide bonds. The second-order valence-corrected chi connectivity index (χ2v) is 5.22. The van der Waals surface area contributed by atoms with Crippen molar-refractivity contribution in [2.75, 3.05) is 7.05 Å². The molecule has 6 heteroatoms. The van der Waals surface area contributed by atoms with Crippen LogP contribution in [0.3, 0.4) is 0 Å². The maximum Gasteiger partial charge on any atom is 0.0812 e. The number of hydrogen-bond acceptors (Lipinski definition) is 5. The second kappa shape index (κ2) is 4.57. The van der Waals surface area contributed by atoms with Crippen LogP contribution in [0.4, 0.5) is 0 Å². The SMILES string of the molecule is CNC(c1sccc1Cl)c1snnc1C. The fraction of sp³-hybridized carbons (Fsp3) is 0.333. The molecule has 0 fully saturated rings. The first kappa shape index (κ1) is 11.0. The molecule has 0 saturated carbocycles. The van der Waals surface area contributed by atoms with E-state index in [1.807, 2.05) is 25.4 Å². The summed E-state index contributed by atoms with van der Waals surface area (Å²) in [6.45, 7) is 1.96. The van der Waals surface area contributed by atoms with E-state index in [2.05, 4.69) is 14.9 Å². The Kier molecular flexibility index (Phi) is 3.35. The summed E-state index contributed by atoms with van der Waals surface area (Å²) in [5, 5.41) is 10.1. The molecule has 1 N–H and O–H groups in total. The van der Waals surface area contributed by atoms with E-state index in [-0.39, 0.29) is 6.04 Å². The van der Waals surface area contributed by atoms with Gasteiger partial charge in [0.15, 0.2) is 0 Å². The Morgan fingerprint density at radius 1 is 1.47 bits per heavy atom. The second-order valence-electron chi connectivity index (χ2n) is 3.08. The fourth-order valence-electron chi connectivity index (χ4n) is 1.40. The number of rotatable bonds is 3. The highest BCUT2D eigenvalue weighted by Gasteiger charge is 2.20. The Labute approximate surface area is 101 Å². The largest absolute Gasteiger partial charge is 0.308 e. The van der Waals surface area contributed by atoms with E-state index in [0.717, 1.165) is 20.5 Å². The predicted molar refractivity (Wildman–Crippen MR) is 64.9 cm³/mol. The van der Waals surface area contributed by atoms with E-state index in [4.69, 9.17) is 11.6 Å². The van der Waals surface area contributed by atoms with Crippen molar-refractivity contribution in [1.82, 2.24) is 14.9 Å². The third kappa shape index (κ3) is 2.06. The monoisotopic (exact) mass is 259 g/mol. The number of thiophene rings is 1. The van der Waals surface area contributed by atoms with Crippen molar-refractivity contribution >= 4 is 34.5 Å². The van der Waals surface area contributed by atoms with Crippen LogP contribution in [0.25, 0.3) is 0 Å². The lowest BCUT2D eigenvalue weighted by Crippen LogP contribution is -2.16. The molecule has 2 aromatic rings. The van der Waals surface area contributed by atoms with Gasteiger partial charge in [0.05, 0.1) is 21.6 Å². The average Bonchev–Trinajstić information content (AvgIpc) is 2.80. The minimum absolute atomic E-state index is 0.109. The highest BCUT2D eigenvalue weighted by molar-refractivity contribution is 7.11. The molecule has 0 aliphatic heterocycles. The third-order valence-electron chi connectivity index (χ3n) is 2.14. The van der Waals surface area contributed by atoms with Gasteiger partial charge in [-0.05, 0) is 37.0 Å². The molecular weight excluding hydrogens is 250 g/mol. The first-order chi connectivity index (χ1) is 7.24. The molecule has 0 aromatic carbocycles. The zero-order valence-corrected chi connectivity index (χ0v) is 10.7. The van der Waals surface area contributed by atoms with Gasteiger partial charge in [-0.25, -0.2) is 0 Å². The van der Waals surface area contributed by atoms with Gasteiger partial charge in [0, 0.05) is 4.88 Å². The molecule has 0 bridgehead atoms. The topological polar surface area (TPSA) is 37.8 Å². The molecule has 0 radical (unpaired) electrons. The van der Waals surface area contributed by atoms with Crippen molar-refractivity contribution in [1.29, 1.82) is 0 Å². The predicted octanol–water partition coefficient (Wildman–Crippen LogP) is 2.87. The summed E-state index contributed by atoms with van der Waals surface area (Å²) < 4.78 is 3.94. The molecule has 0 saturated heterocycles. The molecule has 0 aliphatic carbocycles. The number of nitrogens with one attached hydrogen (secondary N) is 1. The first-order valence-electron chi connectivity index (χ1n) is 4.43. The number of aromatic nitrogens is 2. The van der Waals surface area contributed by atoms with Crippen molar-refractivity contribution in [2.24, 2.45) is 0 Å². The van der Waals surface area contributed by atoms with Crippen molar-refractivity contribution in [3.63, 3.8) is 0 Å². The third-order valence-corrected chi connectivity index (χ3v) is 4.46. The molecule has 0 aliphatic rings. The normalized spacial score (nSPS) is 13.0. The lowest BCUT2D eigenvalue weighted by molar-refractivity contribution is 0.709. The Balaban J connectivity index is 2.41. The Morgan fingerprint density at radius 3 is 2.73 bits per heavy atom. The van der Waals surface area contributed by atoms with Crippen LogP contribution in [0.15, 0.2) is 11.4 Å². The fourth-order valence-corrected chi connectivity index (χ4v) is 3.52. The van der Waals surface area contributed by atoms with Gasteiger partial charge >= 0.3 is 0 Å². The highest BCUT2D eigenvalue weighted by atomic mass is 35.5. The van der Waals surface area contributed by atoms with Crippen molar-refractivity contribution < 1.29 is 0 Å². The standard InChI is InChI=1S/C9H10ClN3S2/c1-5-8(15-13-12-5)7(11-2)9-6(10)3-4-14-9/h3-4,7,11H,1-2H3. The van der Waals surface area contributed by atoms with Gasteiger partial charge in [0.25, 0.3) is 0 Å². The summed E-state index contributed by atoms with van der Waals surface area (Å²) in [7, 11) is 1.92. The summed E-state index contributed by atoms with van der Waals surface area (Å²) in [6, 6.07) is 2.02. The summed E-state index contributed by atoms with van der Waals surface area (Å²) in [5.41, 5.74) is 0.962. The van der Waals surface area contributed by atoms with Gasteiger partial charge < -0.3 is 5.32 Å². The molecule has 2 rings (SSSR count). The minimum Gasteiger partial charge on any atom is -0.308 e. The average molecular weight is 260 g/mol. The number of halogens is 1. The smallest absolute Gasteiger partial charge is 0.0812 e. The molecule has 15 heavy (non-hydrogen) atoms. The van der Waals surface area contributed by atoms with Crippen LogP contribution in [0.1, 0.15) is 21.5 Å². The maximum atomic E-state index is 6.12. The van der Waals surface area contributed by atoms with Gasteiger partial charge in [0.1, 0.15) is 0 Å². The van der Waals surface area contributed by atoms with Crippen LogP contribution in [0.5, 0.6) is 0 Å². The van der Waals surface area contributed by atoms with E-state index in [9.17, 15) is 0 Å². The Bertz CT molecular complexity index is 411. The van der Waals surface area contributed by atoms with Crippen molar-refractivity contribution in [3.8, 4) is 0 Å². The van der Waals surface area contributed by atoms with E-state index in [0.29, 0.717) is 0 Å². The van der Waals surface area contributed by atoms with Gasteiger partial charge in [0.2, 0.25) is 0 Å². The summed E-state index contributed by atoms with van der Waals surface area (Å²) >= 11 is 9.18. The lowest BCUT2D eigenvalue weighted by Gasteiger charge is -2.13. The van der Waals surface area contributed by atoms with Gasteiger partial charge in [-0.2, -0.15) is 0 Å². The Hall–Kier alpha value is -0.490. The van der Waals surface area contributed by atoms with Crippen LogP contribution in [-0.2, 0) is 0 Å². The van der Waals surface area contributed by atoms with Crippen molar-refractivity contribution in [3.05, 3.63) is 31.9 Å². The Morgan fingerprint density at radius 2 is 2.27 bits per heavy atom. The van der Waals surface area contributed by atoms with Crippen LogP contribution in [-0.4, -0.2) is 16.6 Å². The summed E-state index contributed by atoms with van der Waals surface area (Å²) in [6.07, 6.45) is 0. The van der Waals surface area contributed by atoms with E-state index in [1.54, 1.807) is 11.3 Å². The van der Waals surface area contributed by atoms with E-state index >= 15 is 0 Å². The molecule has 2 aromatic heterocycles. The quantitative estimate of drug-likeness (QED) is 0.921. The molecule has 1 unspecified atom stereocenters. The number of hydrogen-bond donors (Lipinski definition) is 1. The molecular formula is C9H10ClN3S2. The number of aryl methyl sites for hydroxylation is 1. The summed E-state index contributed by atoms with van der Waals surface area (Å²) in [5.74, 6) is 0. The van der Waals surface area contributed by atoms with Crippen LogP contribution < -0.4 is 5.32 Å². The minimum atomic E-state index is 0.109. The molecule has 0 spiro atoms.